The maximum absolute atomic E-state index is 11.8. The summed E-state index contributed by atoms with van der Waals surface area (Å²) < 4.78 is 0. The molecule has 1 atom stereocenters. The number of aromatic nitrogens is 2. The monoisotopic (exact) mass is 222 g/mol. The van der Waals surface area contributed by atoms with E-state index >= 15 is 0 Å². The van der Waals surface area contributed by atoms with Gasteiger partial charge in [-0.1, -0.05) is 13.3 Å². The van der Waals surface area contributed by atoms with Gasteiger partial charge in [-0.15, -0.1) is 0 Å². The minimum absolute atomic E-state index is 0.0690. The lowest BCUT2D eigenvalue weighted by Crippen LogP contribution is -2.24. The van der Waals surface area contributed by atoms with Crippen molar-refractivity contribution in [3.63, 3.8) is 0 Å². The molecule has 3 N–H and O–H groups in total. The standard InChI is InChI=1S/C11H18N4O/c1-2-3-9-6-10(15-14-9)13-11(16)8-4-5-12-7-8/h6,8,12H,2-5,7H2,1H3,(H2,13,14,15,16). The summed E-state index contributed by atoms with van der Waals surface area (Å²) >= 11 is 0. The molecule has 0 saturated carbocycles. The smallest absolute Gasteiger partial charge is 0.230 e. The van der Waals surface area contributed by atoms with E-state index in [0.29, 0.717) is 5.82 Å². The predicted molar refractivity (Wildman–Crippen MR) is 62.2 cm³/mol. The number of amides is 1. The number of hydrogen-bond acceptors (Lipinski definition) is 3. The van der Waals surface area contributed by atoms with Crippen molar-refractivity contribution < 1.29 is 4.79 Å². The van der Waals surface area contributed by atoms with Gasteiger partial charge in [0.15, 0.2) is 5.82 Å². The van der Waals surface area contributed by atoms with Crippen molar-refractivity contribution in [2.45, 2.75) is 26.2 Å². The molecule has 0 aromatic carbocycles. The van der Waals surface area contributed by atoms with Crippen LogP contribution in [0, 0.1) is 5.92 Å². The summed E-state index contributed by atoms with van der Waals surface area (Å²) in [5.74, 6) is 0.797. The Morgan fingerprint density at radius 2 is 2.56 bits per heavy atom. The molecular weight excluding hydrogens is 204 g/mol. The Labute approximate surface area is 95.0 Å². The molecule has 1 aromatic rings. The first kappa shape index (κ1) is 11.1. The van der Waals surface area contributed by atoms with Gasteiger partial charge in [-0.2, -0.15) is 5.10 Å². The Hall–Kier alpha value is -1.36. The number of H-pyrrole nitrogens is 1. The SMILES string of the molecule is CCCc1cc(NC(=O)C2CCNC2)n[nH]1. The Kier molecular flexibility index (Phi) is 3.56. The van der Waals surface area contributed by atoms with Crippen molar-refractivity contribution in [2.75, 3.05) is 18.4 Å². The lowest BCUT2D eigenvalue weighted by molar-refractivity contribution is -0.119. The van der Waals surface area contributed by atoms with E-state index in [1.165, 1.54) is 0 Å². The first-order valence-corrected chi connectivity index (χ1v) is 5.85. The first-order chi connectivity index (χ1) is 7.79. The van der Waals surface area contributed by atoms with Gasteiger partial charge >= 0.3 is 0 Å². The van der Waals surface area contributed by atoms with Gasteiger partial charge in [0, 0.05) is 18.3 Å². The fourth-order valence-electron chi connectivity index (χ4n) is 1.93. The van der Waals surface area contributed by atoms with Crippen LogP contribution in [0.4, 0.5) is 5.82 Å². The van der Waals surface area contributed by atoms with Crippen molar-refractivity contribution in [2.24, 2.45) is 5.92 Å². The number of aryl methyl sites for hydroxylation is 1. The summed E-state index contributed by atoms with van der Waals surface area (Å²) in [4.78, 5) is 11.8. The minimum Gasteiger partial charge on any atom is -0.316 e. The van der Waals surface area contributed by atoms with Gasteiger partial charge in [-0.25, -0.2) is 0 Å². The summed E-state index contributed by atoms with van der Waals surface area (Å²) in [6.45, 7) is 3.82. The summed E-state index contributed by atoms with van der Waals surface area (Å²) in [5.41, 5.74) is 1.07. The predicted octanol–water partition coefficient (Wildman–Crippen LogP) is 0.910. The molecule has 5 heteroatoms. The molecule has 1 fully saturated rings. The van der Waals surface area contributed by atoms with Gasteiger partial charge in [0.05, 0.1) is 5.92 Å². The summed E-state index contributed by atoms with van der Waals surface area (Å²) in [5, 5.41) is 13.0. The van der Waals surface area contributed by atoms with E-state index < -0.39 is 0 Å². The van der Waals surface area contributed by atoms with Gasteiger partial charge in [-0.05, 0) is 19.4 Å². The zero-order valence-electron chi connectivity index (χ0n) is 9.55. The Balaban J connectivity index is 1.89. The molecule has 5 nitrogen and oxygen atoms in total. The van der Waals surface area contributed by atoms with E-state index in [2.05, 4.69) is 27.8 Å². The number of nitrogens with one attached hydrogen (secondary N) is 3. The van der Waals surface area contributed by atoms with Crippen LogP contribution >= 0.6 is 0 Å². The number of carbonyl (C=O) groups is 1. The normalized spacial score (nSPS) is 19.9. The van der Waals surface area contributed by atoms with Crippen LogP contribution in [0.15, 0.2) is 6.07 Å². The Bertz CT molecular complexity index is 355. The van der Waals surface area contributed by atoms with Crippen LogP contribution in [0.25, 0.3) is 0 Å². The van der Waals surface area contributed by atoms with E-state index in [1.54, 1.807) is 0 Å². The van der Waals surface area contributed by atoms with Crippen LogP contribution < -0.4 is 10.6 Å². The largest absolute Gasteiger partial charge is 0.316 e. The van der Waals surface area contributed by atoms with Gasteiger partial charge in [0.25, 0.3) is 0 Å². The lowest BCUT2D eigenvalue weighted by Gasteiger charge is -2.06. The summed E-state index contributed by atoms with van der Waals surface area (Å²) in [6, 6.07) is 1.91. The number of carbonyl (C=O) groups excluding carboxylic acids is 1. The maximum atomic E-state index is 11.8. The Morgan fingerprint density at radius 1 is 1.69 bits per heavy atom. The molecule has 1 saturated heterocycles. The van der Waals surface area contributed by atoms with Gasteiger partial charge in [-0.3, -0.25) is 9.89 Å². The summed E-state index contributed by atoms with van der Waals surface area (Å²) in [7, 11) is 0. The maximum Gasteiger partial charge on any atom is 0.230 e. The van der Waals surface area contributed by atoms with Gasteiger partial charge in [0.1, 0.15) is 0 Å². The average molecular weight is 222 g/mol. The third kappa shape index (κ3) is 2.61. The molecule has 1 aliphatic rings. The topological polar surface area (TPSA) is 69.8 Å². The molecule has 0 radical (unpaired) electrons. The van der Waals surface area contributed by atoms with E-state index in [1.807, 2.05) is 6.07 Å². The molecule has 1 amide bonds. The second-order valence-electron chi connectivity index (χ2n) is 4.21. The van der Waals surface area contributed by atoms with Crippen LogP contribution in [0.2, 0.25) is 0 Å². The molecule has 88 valence electrons. The molecule has 2 heterocycles. The van der Waals surface area contributed by atoms with Crippen molar-refractivity contribution in [1.29, 1.82) is 0 Å². The molecule has 0 bridgehead atoms. The zero-order chi connectivity index (χ0) is 11.4. The van der Waals surface area contributed by atoms with Crippen molar-refractivity contribution >= 4 is 11.7 Å². The highest BCUT2D eigenvalue weighted by atomic mass is 16.2. The van der Waals surface area contributed by atoms with Crippen molar-refractivity contribution in [1.82, 2.24) is 15.5 Å². The van der Waals surface area contributed by atoms with E-state index in [-0.39, 0.29) is 11.8 Å². The molecule has 1 aliphatic heterocycles. The number of anilines is 1. The van der Waals surface area contributed by atoms with Crippen LogP contribution in [0.5, 0.6) is 0 Å². The second-order valence-corrected chi connectivity index (χ2v) is 4.21. The van der Waals surface area contributed by atoms with Crippen LogP contribution in [-0.4, -0.2) is 29.2 Å². The van der Waals surface area contributed by atoms with E-state index in [9.17, 15) is 4.79 Å². The quantitative estimate of drug-likeness (QED) is 0.709. The molecule has 1 aromatic heterocycles. The highest BCUT2D eigenvalue weighted by Crippen LogP contribution is 2.12. The van der Waals surface area contributed by atoms with Crippen LogP contribution in [0.3, 0.4) is 0 Å². The van der Waals surface area contributed by atoms with Gasteiger partial charge < -0.3 is 10.6 Å². The van der Waals surface area contributed by atoms with Crippen molar-refractivity contribution in [3.05, 3.63) is 11.8 Å². The molecule has 2 rings (SSSR count). The molecule has 1 unspecified atom stereocenters. The number of rotatable bonds is 4. The minimum atomic E-state index is 0.0690. The number of nitrogens with zero attached hydrogens (tertiary/aromatic N) is 1. The first-order valence-electron chi connectivity index (χ1n) is 5.85. The van der Waals surface area contributed by atoms with Crippen LogP contribution in [0.1, 0.15) is 25.5 Å². The van der Waals surface area contributed by atoms with Crippen LogP contribution in [-0.2, 0) is 11.2 Å². The second kappa shape index (κ2) is 5.12. The Morgan fingerprint density at radius 3 is 3.25 bits per heavy atom. The highest BCUT2D eigenvalue weighted by Gasteiger charge is 2.22. The fourth-order valence-corrected chi connectivity index (χ4v) is 1.93. The third-order valence-corrected chi connectivity index (χ3v) is 2.83. The lowest BCUT2D eigenvalue weighted by atomic mass is 10.1. The molecule has 0 aliphatic carbocycles. The average Bonchev–Trinajstić information content (AvgIpc) is 2.89. The number of aromatic amines is 1. The van der Waals surface area contributed by atoms with Gasteiger partial charge in [0.2, 0.25) is 5.91 Å². The highest BCUT2D eigenvalue weighted by molar-refractivity contribution is 5.92. The summed E-state index contributed by atoms with van der Waals surface area (Å²) in [6.07, 6.45) is 2.95. The van der Waals surface area contributed by atoms with E-state index in [4.69, 9.17) is 0 Å². The molecule has 16 heavy (non-hydrogen) atoms. The molecular formula is C11H18N4O. The van der Waals surface area contributed by atoms with E-state index in [0.717, 1.165) is 38.0 Å². The van der Waals surface area contributed by atoms with Crippen molar-refractivity contribution in [3.8, 4) is 0 Å². The zero-order valence-corrected chi connectivity index (χ0v) is 9.55. The third-order valence-electron chi connectivity index (χ3n) is 2.83. The molecule has 0 spiro atoms. The number of hydrogen-bond donors (Lipinski definition) is 3. The fraction of sp³-hybridized carbons (Fsp3) is 0.636.